The van der Waals surface area contributed by atoms with Gasteiger partial charge in [-0.1, -0.05) is 43.3 Å². The van der Waals surface area contributed by atoms with Gasteiger partial charge in [-0.2, -0.15) is 5.10 Å². The third kappa shape index (κ3) is 2.90. The van der Waals surface area contributed by atoms with Gasteiger partial charge in [0.2, 0.25) is 0 Å². The van der Waals surface area contributed by atoms with Crippen molar-refractivity contribution in [2.75, 3.05) is 0 Å². The van der Waals surface area contributed by atoms with Crippen LogP contribution in [0.4, 0.5) is 4.39 Å². The molecule has 0 spiro atoms. The first-order valence-electron chi connectivity index (χ1n) is 8.60. The molecule has 4 aromatic rings. The molecule has 0 aliphatic heterocycles. The number of benzene rings is 2. The zero-order valence-electron chi connectivity index (χ0n) is 14.4. The number of fused-ring (bicyclic) bond motifs is 1. The summed E-state index contributed by atoms with van der Waals surface area (Å²) < 4.78 is 14.5. The minimum Gasteiger partial charge on any atom is -0.278 e. The van der Waals surface area contributed by atoms with E-state index in [0.29, 0.717) is 12.0 Å². The Bertz CT molecular complexity index is 1080. The van der Waals surface area contributed by atoms with E-state index in [4.69, 9.17) is 0 Å². The summed E-state index contributed by atoms with van der Waals surface area (Å²) >= 11 is 0. The Balaban J connectivity index is 2.03. The third-order valence-electron chi connectivity index (χ3n) is 4.54. The van der Waals surface area contributed by atoms with Crippen molar-refractivity contribution in [2.24, 2.45) is 0 Å². The van der Waals surface area contributed by atoms with Crippen LogP contribution in [0.1, 0.15) is 30.0 Å². The molecule has 4 rings (SSSR count). The van der Waals surface area contributed by atoms with Gasteiger partial charge in [0, 0.05) is 17.1 Å². The normalized spacial score (nSPS) is 12.2. The number of pyridine rings is 1. The predicted molar refractivity (Wildman–Crippen MR) is 103 cm³/mol. The van der Waals surface area contributed by atoms with Crippen LogP contribution in [0.25, 0.3) is 22.0 Å². The van der Waals surface area contributed by atoms with E-state index in [-0.39, 0.29) is 5.82 Å². The van der Waals surface area contributed by atoms with Gasteiger partial charge in [-0.05, 0) is 46.9 Å². The van der Waals surface area contributed by atoms with Gasteiger partial charge in [0.05, 0.1) is 17.9 Å². The molecule has 0 bridgehead atoms. The first-order valence-corrected chi connectivity index (χ1v) is 8.60. The number of rotatable bonds is 4. The highest BCUT2D eigenvalue weighted by Crippen LogP contribution is 2.35. The highest BCUT2D eigenvalue weighted by atomic mass is 19.1. The zero-order chi connectivity index (χ0) is 17.9. The van der Waals surface area contributed by atoms with Gasteiger partial charge in [-0.3, -0.25) is 10.1 Å². The van der Waals surface area contributed by atoms with Crippen molar-refractivity contribution in [3.8, 4) is 0 Å². The van der Waals surface area contributed by atoms with Gasteiger partial charge in [0.15, 0.2) is 0 Å². The van der Waals surface area contributed by atoms with Crippen LogP contribution in [0, 0.1) is 5.82 Å². The van der Waals surface area contributed by atoms with E-state index in [1.807, 2.05) is 24.3 Å². The smallest absolute Gasteiger partial charge is 0.148 e. The van der Waals surface area contributed by atoms with Gasteiger partial charge in [0.25, 0.3) is 0 Å². The van der Waals surface area contributed by atoms with E-state index < -0.39 is 0 Å². The van der Waals surface area contributed by atoms with Gasteiger partial charge in [0.1, 0.15) is 5.82 Å². The quantitative estimate of drug-likeness (QED) is 0.534. The number of nitrogens with one attached hydrogen (secondary N) is 1. The third-order valence-corrected chi connectivity index (χ3v) is 4.54. The van der Waals surface area contributed by atoms with E-state index in [2.05, 4.69) is 46.4 Å². The highest BCUT2D eigenvalue weighted by molar-refractivity contribution is 6.00. The number of hydrogen-bond donors (Lipinski definition) is 1. The zero-order valence-corrected chi connectivity index (χ0v) is 14.4. The average molecular weight is 343 g/mol. The number of nitrogens with zero attached hydrogens (tertiary/aromatic N) is 2. The fourth-order valence-electron chi connectivity index (χ4n) is 3.34. The van der Waals surface area contributed by atoms with E-state index in [1.54, 1.807) is 18.5 Å². The monoisotopic (exact) mass is 343 g/mol. The molecule has 0 saturated heterocycles. The summed E-state index contributed by atoms with van der Waals surface area (Å²) in [6.07, 6.45) is 5.41. The Morgan fingerprint density at radius 3 is 2.62 bits per heavy atom. The number of allylic oxidation sites excluding steroid dienone is 1. The lowest BCUT2D eigenvalue weighted by molar-refractivity contribution is 0.617. The summed E-state index contributed by atoms with van der Waals surface area (Å²) in [6.45, 7) is 2.05. The minimum atomic E-state index is -0.304. The molecule has 0 unspecified atom stereocenters. The number of aromatic nitrogens is 3. The topological polar surface area (TPSA) is 41.6 Å². The lowest BCUT2D eigenvalue weighted by Gasteiger charge is -2.16. The van der Waals surface area contributed by atoms with Crippen molar-refractivity contribution in [1.29, 1.82) is 0 Å². The summed E-state index contributed by atoms with van der Waals surface area (Å²) in [7, 11) is 0. The Morgan fingerprint density at radius 2 is 1.85 bits per heavy atom. The Labute approximate surface area is 151 Å². The SMILES string of the molecule is CC/C(=C(/c1ccccc1)c1ccc2[nH]ncc2c1)c1ccncc1F. The molecule has 0 aliphatic carbocycles. The maximum absolute atomic E-state index is 14.5. The summed E-state index contributed by atoms with van der Waals surface area (Å²) in [5.41, 5.74) is 5.66. The molecular weight excluding hydrogens is 325 g/mol. The van der Waals surface area contributed by atoms with Crippen molar-refractivity contribution >= 4 is 22.0 Å². The molecule has 2 aromatic heterocycles. The first kappa shape index (κ1) is 16.2. The Hall–Kier alpha value is -3.27. The van der Waals surface area contributed by atoms with E-state index in [9.17, 15) is 4.39 Å². The molecule has 1 N–H and O–H groups in total. The van der Waals surface area contributed by atoms with Crippen LogP contribution >= 0.6 is 0 Å². The molecule has 0 radical (unpaired) electrons. The Morgan fingerprint density at radius 1 is 1.00 bits per heavy atom. The Kier molecular flexibility index (Phi) is 4.32. The van der Waals surface area contributed by atoms with Gasteiger partial charge >= 0.3 is 0 Å². The molecule has 3 nitrogen and oxygen atoms in total. The fraction of sp³-hybridized carbons (Fsp3) is 0.0909. The largest absolute Gasteiger partial charge is 0.278 e. The fourth-order valence-corrected chi connectivity index (χ4v) is 3.34. The lowest BCUT2D eigenvalue weighted by Crippen LogP contribution is -1.97. The lowest BCUT2D eigenvalue weighted by atomic mass is 9.88. The van der Waals surface area contributed by atoms with Crippen LogP contribution in [0.15, 0.2) is 73.2 Å². The first-order chi connectivity index (χ1) is 12.8. The predicted octanol–water partition coefficient (Wildman–Crippen LogP) is 5.47. The molecule has 26 heavy (non-hydrogen) atoms. The van der Waals surface area contributed by atoms with Crippen LogP contribution in [0.3, 0.4) is 0 Å². The summed E-state index contributed by atoms with van der Waals surface area (Å²) in [5, 5.41) is 8.11. The molecule has 2 heterocycles. The van der Waals surface area contributed by atoms with Crippen LogP contribution in [-0.2, 0) is 0 Å². The van der Waals surface area contributed by atoms with E-state index in [0.717, 1.165) is 33.2 Å². The van der Waals surface area contributed by atoms with Crippen molar-refractivity contribution in [1.82, 2.24) is 15.2 Å². The van der Waals surface area contributed by atoms with Crippen LogP contribution in [-0.4, -0.2) is 15.2 Å². The number of H-pyrrole nitrogens is 1. The molecule has 0 atom stereocenters. The minimum absolute atomic E-state index is 0.304. The van der Waals surface area contributed by atoms with Crippen LogP contribution < -0.4 is 0 Å². The van der Waals surface area contributed by atoms with Gasteiger partial charge < -0.3 is 0 Å². The molecule has 2 aromatic carbocycles. The highest BCUT2D eigenvalue weighted by Gasteiger charge is 2.16. The van der Waals surface area contributed by atoms with Crippen LogP contribution in [0.2, 0.25) is 0 Å². The summed E-state index contributed by atoms with van der Waals surface area (Å²) in [6, 6.07) is 18.0. The summed E-state index contributed by atoms with van der Waals surface area (Å²) in [4.78, 5) is 3.89. The molecule has 0 saturated carbocycles. The second kappa shape index (κ2) is 6.92. The number of hydrogen-bond acceptors (Lipinski definition) is 2. The van der Waals surface area contributed by atoms with Crippen LogP contribution in [0.5, 0.6) is 0 Å². The van der Waals surface area contributed by atoms with Gasteiger partial charge in [-0.15, -0.1) is 0 Å². The molecule has 0 amide bonds. The molecular formula is C22H18FN3. The maximum Gasteiger partial charge on any atom is 0.148 e. The van der Waals surface area contributed by atoms with Crippen molar-refractivity contribution < 1.29 is 4.39 Å². The molecule has 0 aliphatic rings. The average Bonchev–Trinajstić information content (AvgIpc) is 3.15. The molecule has 4 heteroatoms. The number of aromatic amines is 1. The van der Waals surface area contributed by atoms with E-state index >= 15 is 0 Å². The van der Waals surface area contributed by atoms with Gasteiger partial charge in [-0.25, -0.2) is 4.39 Å². The maximum atomic E-state index is 14.5. The molecule has 0 fully saturated rings. The van der Waals surface area contributed by atoms with E-state index in [1.165, 1.54) is 6.20 Å². The summed E-state index contributed by atoms with van der Waals surface area (Å²) in [5.74, 6) is -0.304. The second-order valence-electron chi connectivity index (χ2n) is 6.10. The van der Waals surface area contributed by atoms with Crippen molar-refractivity contribution in [3.05, 3.63) is 95.7 Å². The second-order valence-corrected chi connectivity index (χ2v) is 6.10. The van der Waals surface area contributed by atoms with Crippen molar-refractivity contribution in [3.63, 3.8) is 0 Å². The van der Waals surface area contributed by atoms with Crippen molar-refractivity contribution in [2.45, 2.75) is 13.3 Å². The number of halogens is 1. The molecule has 128 valence electrons. The standard InChI is InChI=1S/C22H18FN3/c1-2-18(19-10-11-24-14-20(19)23)22(15-6-4-3-5-7-15)16-8-9-21-17(12-16)13-25-26-21/h3-14H,2H2,1H3,(H,25,26)/b22-18+.